The lowest BCUT2D eigenvalue weighted by molar-refractivity contribution is 1.19. The number of thiophene rings is 1. The first-order valence-corrected chi connectivity index (χ1v) is 7.81. The van der Waals surface area contributed by atoms with Crippen molar-refractivity contribution < 1.29 is 0 Å². The lowest BCUT2D eigenvalue weighted by Crippen LogP contribution is -1.87. The standard InChI is InChI=1S/C16H15ClN2S/c1-4-13-14(11-6-5-9(2)10(3)7-11)12-8-18-16(17)19-15(12)20-13/h5-8H,4H2,1-3H3. The van der Waals surface area contributed by atoms with Crippen LogP contribution in [0, 0.1) is 13.8 Å². The fourth-order valence-corrected chi connectivity index (χ4v) is 3.66. The zero-order valence-electron chi connectivity index (χ0n) is 11.7. The van der Waals surface area contributed by atoms with E-state index >= 15 is 0 Å². The fourth-order valence-electron chi connectivity index (χ4n) is 2.38. The maximum absolute atomic E-state index is 5.90. The molecule has 2 nitrogen and oxygen atoms in total. The van der Waals surface area contributed by atoms with Crippen molar-refractivity contribution in [2.24, 2.45) is 0 Å². The van der Waals surface area contributed by atoms with Crippen molar-refractivity contribution in [1.82, 2.24) is 9.97 Å². The van der Waals surface area contributed by atoms with Gasteiger partial charge in [-0.05, 0) is 48.6 Å². The Morgan fingerprint density at radius 2 is 2.00 bits per heavy atom. The van der Waals surface area contributed by atoms with E-state index in [1.807, 2.05) is 6.20 Å². The molecular weight excluding hydrogens is 288 g/mol. The SMILES string of the molecule is CCc1sc2nc(Cl)ncc2c1-c1ccc(C)c(C)c1. The molecule has 4 heteroatoms. The maximum atomic E-state index is 5.90. The Kier molecular flexibility index (Phi) is 3.48. The second kappa shape index (κ2) is 5.15. The predicted octanol–water partition coefficient (Wildman–Crippen LogP) is 5.19. The summed E-state index contributed by atoms with van der Waals surface area (Å²) < 4.78 is 0. The van der Waals surface area contributed by atoms with Gasteiger partial charge in [-0.3, -0.25) is 0 Å². The zero-order valence-corrected chi connectivity index (χ0v) is 13.3. The van der Waals surface area contributed by atoms with Crippen LogP contribution in [0.15, 0.2) is 24.4 Å². The van der Waals surface area contributed by atoms with E-state index in [0.29, 0.717) is 5.28 Å². The van der Waals surface area contributed by atoms with Crippen LogP contribution in [-0.4, -0.2) is 9.97 Å². The molecule has 3 aromatic rings. The first-order valence-electron chi connectivity index (χ1n) is 6.61. The van der Waals surface area contributed by atoms with Crippen LogP contribution in [0.5, 0.6) is 0 Å². The summed E-state index contributed by atoms with van der Waals surface area (Å²) in [4.78, 5) is 10.8. The van der Waals surface area contributed by atoms with Gasteiger partial charge in [-0.25, -0.2) is 9.97 Å². The van der Waals surface area contributed by atoms with Gasteiger partial charge >= 0.3 is 0 Å². The predicted molar refractivity (Wildman–Crippen MR) is 86.7 cm³/mol. The molecule has 102 valence electrons. The quantitative estimate of drug-likeness (QED) is 0.609. The van der Waals surface area contributed by atoms with Crippen molar-refractivity contribution in [2.45, 2.75) is 27.2 Å². The third kappa shape index (κ3) is 2.21. The molecule has 1 aromatic carbocycles. The van der Waals surface area contributed by atoms with Gasteiger partial charge in [0.2, 0.25) is 5.28 Å². The van der Waals surface area contributed by atoms with Crippen LogP contribution in [0.2, 0.25) is 5.28 Å². The lowest BCUT2D eigenvalue weighted by atomic mass is 9.98. The Bertz CT molecular complexity index is 793. The average molecular weight is 303 g/mol. The molecule has 20 heavy (non-hydrogen) atoms. The van der Waals surface area contributed by atoms with E-state index in [1.54, 1.807) is 11.3 Å². The first kappa shape index (κ1) is 13.5. The lowest BCUT2D eigenvalue weighted by Gasteiger charge is -2.06. The zero-order chi connectivity index (χ0) is 14.3. The third-order valence-electron chi connectivity index (χ3n) is 3.61. The van der Waals surface area contributed by atoms with Crippen molar-refractivity contribution in [3.05, 3.63) is 45.7 Å². The van der Waals surface area contributed by atoms with Gasteiger partial charge in [0.05, 0.1) is 0 Å². The first-order chi connectivity index (χ1) is 9.60. The summed E-state index contributed by atoms with van der Waals surface area (Å²) in [6.45, 7) is 6.45. The second-order valence-corrected chi connectivity index (χ2v) is 6.33. The molecule has 0 aliphatic rings. The van der Waals surface area contributed by atoms with Crippen molar-refractivity contribution in [3.8, 4) is 11.1 Å². The molecule has 0 saturated heterocycles. The van der Waals surface area contributed by atoms with Crippen molar-refractivity contribution in [1.29, 1.82) is 0 Å². The number of fused-ring (bicyclic) bond motifs is 1. The van der Waals surface area contributed by atoms with Crippen LogP contribution >= 0.6 is 22.9 Å². The molecule has 0 spiro atoms. The van der Waals surface area contributed by atoms with E-state index in [9.17, 15) is 0 Å². The number of rotatable bonds is 2. The normalized spacial score (nSPS) is 11.2. The topological polar surface area (TPSA) is 25.8 Å². The number of hydrogen-bond acceptors (Lipinski definition) is 3. The molecule has 0 aliphatic carbocycles. The molecule has 0 N–H and O–H groups in total. The molecule has 0 atom stereocenters. The molecule has 3 rings (SSSR count). The van der Waals surface area contributed by atoms with Gasteiger partial charge in [-0.1, -0.05) is 25.1 Å². The Labute approximate surface area is 127 Å². The molecule has 0 radical (unpaired) electrons. The summed E-state index contributed by atoms with van der Waals surface area (Å²) in [7, 11) is 0. The summed E-state index contributed by atoms with van der Waals surface area (Å²) >= 11 is 7.61. The number of hydrogen-bond donors (Lipinski definition) is 0. The molecule has 0 fully saturated rings. The van der Waals surface area contributed by atoms with E-state index < -0.39 is 0 Å². The minimum Gasteiger partial charge on any atom is -0.226 e. The third-order valence-corrected chi connectivity index (χ3v) is 5.03. The van der Waals surface area contributed by atoms with E-state index in [-0.39, 0.29) is 0 Å². The molecule has 0 bridgehead atoms. The van der Waals surface area contributed by atoms with E-state index in [2.05, 4.69) is 48.9 Å². The van der Waals surface area contributed by atoms with E-state index in [1.165, 1.54) is 27.1 Å². The summed E-state index contributed by atoms with van der Waals surface area (Å²) in [5.74, 6) is 0. The average Bonchev–Trinajstić information content (AvgIpc) is 2.79. The molecule has 0 amide bonds. The number of aryl methyl sites for hydroxylation is 3. The highest BCUT2D eigenvalue weighted by molar-refractivity contribution is 7.19. The molecule has 2 heterocycles. The summed E-state index contributed by atoms with van der Waals surface area (Å²) in [6.07, 6.45) is 2.83. The van der Waals surface area contributed by atoms with Gasteiger partial charge in [0.15, 0.2) is 0 Å². The minimum atomic E-state index is 0.313. The number of nitrogens with zero attached hydrogens (tertiary/aromatic N) is 2. The smallest absolute Gasteiger partial charge is 0.223 e. The molecule has 2 aromatic heterocycles. The number of aromatic nitrogens is 2. The summed E-state index contributed by atoms with van der Waals surface area (Å²) in [6, 6.07) is 6.59. The largest absolute Gasteiger partial charge is 0.226 e. The van der Waals surface area contributed by atoms with Gasteiger partial charge in [-0.2, -0.15) is 0 Å². The second-order valence-electron chi connectivity index (χ2n) is 4.91. The highest BCUT2D eigenvalue weighted by atomic mass is 35.5. The van der Waals surface area contributed by atoms with Gasteiger partial charge in [-0.15, -0.1) is 11.3 Å². The van der Waals surface area contributed by atoms with Crippen LogP contribution < -0.4 is 0 Å². The highest BCUT2D eigenvalue weighted by Crippen LogP contribution is 2.38. The maximum Gasteiger partial charge on any atom is 0.223 e. The van der Waals surface area contributed by atoms with Crippen LogP contribution in [-0.2, 0) is 6.42 Å². The molecule has 0 aliphatic heterocycles. The number of halogens is 1. The Morgan fingerprint density at radius 1 is 1.20 bits per heavy atom. The Balaban J connectivity index is 2.30. The van der Waals surface area contributed by atoms with Crippen molar-refractivity contribution >= 4 is 33.2 Å². The molecular formula is C16H15ClN2S. The van der Waals surface area contributed by atoms with Crippen LogP contribution in [0.4, 0.5) is 0 Å². The van der Waals surface area contributed by atoms with Crippen LogP contribution in [0.25, 0.3) is 21.3 Å². The van der Waals surface area contributed by atoms with Gasteiger partial charge in [0, 0.05) is 22.0 Å². The Hall–Kier alpha value is -1.45. The van der Waals surface area contributed by atoms with E-state index in [0.717, 1.165) is 16.6 Å². The van der Waals surface area contributed by atoms with Crippen LogP contribution in [0.1, 0.15) is 22.9 Å². The number of benzene rings is 1. The summed E-state index contributed by atoms with van der Waals surface area (Å²) in [5.41, 5.74) is 5.11. The highest BCUT2D eigenvalue weighted by Gasteiger charge is 2.15. The van der Waals surface area contributed by atoms with Crippen LogP contribution in [0.3, 0.4) is 0 Å². The fraction of sp³-hybridized carbons (Fsp3) is 0.250. The summed E-state index contributed by atoms with van der Waals surface area (Å²) in [5, 5.41) is 1.41. The minimum absolute atomic E-state index is 0.313. The van der Waals surface area contributed by atoms with E-state index in [4.69, 9.17) is 11.6 Å². The van der Waals surface area contributed by atoms with Crippen molar-refractivity contribution in [2.75, 3.05) is 0 Å². The molecule has 0 unspecified atom stereocenters. The van der Waals surface area contributed by atoms with Gasteiger partial charge in [0.25, 0.3) is 0 Å². The Morgan fingerprint density at radius 3 is 2.70 bits per heavy atom. The molecule has 0 saturated carbocycles. The van der Waals surface area contributed by atoms with Crippen molar-refractivity contribution in [3.63, 3.8) is 0 Å². The monoisotopic (exact) mass is 302 g/mol. The van der Waals surface area contributed by atoms with Gasteiger partial charge < -0.3 is 0 Å². The van der Waals surface area contributed by atoms with Gasteiger partial charge in [0.1, 0.15) is 4.83 Å².